The van der Waals surface area contributed by atoms with Crippen molar-refractivity contribution in [2.45, 2.75) is 13.8 Å². The molecule has 1 heterocycles. The van der Waals surface area contributed by atoms with Crippen molar-refractivity contribution >= 4 is 52.5 Å². The normalized spacial score (nSPS) is 13.3. The van der Waals surface area contributed by atoms with Gasteiger partial charge in [-0.2, -0.15) is 5.26 Å². The molecular formula is C22H19ClFN2O4P. The zero-order valence-corrected chi connectivity index (χ0v) is 18.7. The molecule has 0 aliphatic rings. The molecular weight excluding hydrogens is 442 g/mol. The van der Waals surface area contributed by atoms with Crippen LogP contribution in [0, 0.1) is 24.1 Å². The van der Waals surface area contributed by atoms with Crippen LogP contribution in [-0.4, -0.2) is 24.7 Å². The molecule has 9 heteroatoms. The molecule has 1 unspecified atom stereocenters. The van der Waals surface area contributed by atoms with E-state index in [1.807, 2.05) is 6.07 Å². The average Bonchev–Trinajstić information content (AvgIpc) is 3.15. The minimum atomic E-state index is -4.00. The molecule has 0 spiro atoms. The maximum absolute atomic E-state index is 15.1. The van der Waals surface area contributed by atoms with E-state index in [1.165, 1.54) is 25.3 Å². The molecule has 1 atom stereocenters. The Labute approximate surface area is 183 Å². The van der Waals surface area contributed by atoms with Gasteiger partial charge in [0.1, 0.15) is 5.69 Å². The van der Waals surface area contributed by atoms with Crippen LogP contribution in [0.3, 0.4) is 0 Å². The largest absolute Gasteiger partial charge is 0.461 e. The second-order valence-electron chi connectivity index (χ2n) is 6.65. The number of aryl methyl sites for hydroxylation is 1. The van der Waals surface area contributed by atoms with Crippen molar-refractivity contribution in [3.05, 3.63) is 64.1 Å². The summed E-state index contributed by atoms with van der Waals surface area (Å²) in [6.45, 7) is 3.48. The number of allylic oxidation sites excluding steroid dienone is 1. The van der Waals surface area contributed by atoms with Gasteiger partial charge in [0.2, 0.25) is 0 Å². The first-order chi connectivity index (χ1) is 14.8. The van der Waals surface area contributed by atoms with Crippen molar-refractivity contribution in [2.75, 3.05) is 13.7 Å². The SMILES string of the molecule is CCOC(=O)c1[nH]c2ccc(Cl)c(F)c2c1P(=O)(OC)c1cc(C)cc(C=CC#N)c1. The molecule has 0 fully saturated rings. The second-order valence-corrected chi connectivity index (χ2v) is 9.49. The summed E-state index contributed by atoms with van der Waals surface area (Å²) < 4.78 is 40.0. The van der Waals surface area contributed by atoms with Gasteiger partial charge in [0.05, 0.1) is 28.4 Å². The molecule has 2 aromatic carbocycles. The van der Waals surface area contributed by atoms with Gasteiger partial charge in [-0.15, -0.1) is 0 Å². The number of fused-ring (bicyclic) bond motifs is 1. The van der Waals surface area contributed by atoms with Gasteiger partial charge in [0.15, 0.2) is 5.82 Å². The number of carbonyl (C=O) groups is 1. The van der Waals surface area contributed by atoms with E-state index in [2.05, 4.69) is 4.98 Å². The van der Waals surface area contributed by atoms with E-state index in [0.717, 1.165) is 5.56 Å². The Morgan fingerprint density at radius 2 is 2.10 bits per heavy atom. The molecule has 0 amide bonds. The average molecular weight is 461 g/mol. The molecule has 3 rings (SSSR count). The predicted octanol–water partition coefficient (Wildman–Crippen LogP) is 4.86. The van der Waals surface area contributed by atoms with Crippen LogP contribution in [-0.2, 0) is 13.8 Å². The molecule has 0 saturated heterocycles. The zero-order chi connectivity index (χ0) is 22.8. The summed E-state index contributed by atoms with van der Waals surface area (Å²) in [5, 5.41) is 8.62. The lowest BCUT2D eigenvalue weighted by molar-refractivity contribution is 0.0522. The highest BCUT2D eigenvalue weighted by molar-refractivity contribution is 7.75. The third-order valence-corrected chi connectivity index (χ3v) is 7.41. The molecule has 1 aromatic heterocycles. The van der Waals surface area contributed by atoms with E-state index in [1.54, 1.807) is 38.1 Å². The number of aromatic nitrogens is 1. The molecule has 160 valence electrons. The third-order valence-electron chi connectivity index (χ3n) is 4.63. The highest BCUT2D eigenvalue weighted by atomic mass is 35.5. The Bertz CT molecular complexity index is 1290. The van der Waals surface area contributed by atoms with Gasteiger partial charge in [-0.25, -0.2) is 9.18 Å². The van der Waals surface area contributed by atoms with Gasteiger partial charge < -0.3 is 14.2 Å². The van der Waals surface area contributed by atoms with E-state index in [0.29, 0.717) is 5.56 Å². The second kappa shape index (κ2) is 9.07. The number of H-pyrrole nitrogens is 1. The summed E-state index contributed by atoms with van der Waals surface area (Å²) in [5.74, 6) is -1.62. The Morgan fingerprint density at radius 1 is 1.35 bits per heavy atom. The molecule has 6 nitrogen and oxygen atoms in total. The monoisotopic (exact) mass is 460 g/mol. The van der Waals surface area contributed by atoms with Gasteiger partial charge in [0.25, 0.3) is 7.37 Å². The number of hydrogen-bond acceptors (Lipinski definition) is 5. The van der Waals surface area contributed by atoms with Crippen molar-refractivity contribution in [1.82, 2.24) is 4.98 Å². The summed E-state index contributed by atoms with van der Waals surface area (Å²) in [7, 11) is -2.77. The first-order valence-corrected chi connectivity index (χ1v) is 11.3. The number of carbonyl (C=O) groups excluding carboxylic acids is 1. The summed E-state index contributed by atoms with van der Waals surface area (Å²) in [6, 6.07) is 9.72. The molecule has 1 N–H and O–H groups in total. The highest BCUT2D eigenvalue weighted by Gasteiger charge is 2.38. The Hall–Kier alpha value is -2.91. The number of rotatable bonds is 6. The fourth-order valence-corrected chi connectivity index (χ4v) is 5.82. The van der Waals surface area contributed by atoms with Crippen molar-refractivity contribution in [3.8, 4) is 6.07 Å². The minimum absolute atomic E-state index is 0.0711. The molecule has 0 aliphatic heterocycles. The molecule has 0 bridgehead atoms. The van der Waals surface area contributed by atoms with Crippen molar-refractivity contribution in [3.63, 3.8) is 0 Å². The fourth-order valence-electron chi connectivity index (χ4n) is 3.37. The number of nitriles is 1. The number of esters is 1. The van der Waals surface area contributed by atoms with E-state index in [4.69, 9.17) is 26.1 Å². The molecule has 0 radical (unpaired) electrons. The maximum atomic E-state index is 15.1. The quantitative estimate of drug-likeness (QED) is 0.322. The van der Waals surface area contributed by atoms with Crippen LogP contribution < -0.4 is 10.6 Å². The lowest BCUT2D eigenvalue weighted by Crippen LogP contribution is -2.24. The van der Waals surface area contributed by atoms with Gasteiger partial charge in [-0.05, 0) is 55.3 Å². The molecule has 0 saturated carbocycles. The lowest BCUT2D eigenvalue weighted by Gasteiger charge is -2.19. The Balaban J connectivity index is 2.40. The lowest BCUT2D eigenvalue weighted by atomic mass is 10.1. The van der Waals surface area contributed by atoms with Crippen molar-refractivity contribution < 1.29 is 23.0 Å². The molecule has 31 heavy (non-hydrogen) atoms. The van der Waals surface area contributed by atoms with E-state index in [-0.39, 0.29) is 38.8 Å². The maximum Gasteiger partial charge on any atom is 0.355 e. The standard InChI is InChI=1S/C22H19ClFN2O4P/c1-4-30-22(27)20-21(18-17(26-20)8-7-16(23)19(18)24)31(28,29-3)15-11-13(2)10-14(12-15)6-5-9-25/h5-8,10-12,26H,4H2,1-3H3. The van der Waals surface area contributed by atoms with E-state index >= 15 is 4.39 Å². The zero-order valence-electron chi connectivity index (χ0n) is 17.0. The number of benzene rings is 2. The first kappa shape index (κ1) is 22.8. The number of hydrogen-bond donors (Lipinski definition) is 1. The van der Waals surface area contributed by atoms with Crippen LogP contribution in [0.2, 0.25) is 5.02 Å². The van der Waals surface area contributed by atoms with Crippen LogP contribution in [0.1, 0.15) is 28.5 Å². The number of nitrogens with zero attached hydrogens (tertiary/aromatic N) is 1. The minimum Gasteiger partial charge on any atom is -0.461 e. The number of nitrogens with one attached hydrogen (secondary N) is 1. The Kier molecular flexibility index (Phi) is 6.66. The van der Waals surface area contributed by atoms with Crippen LogP contribution in [0.5, 0.6) is 0 Å². The predicted molar refractivity (Wildman–Crippen MR) is 119 cm³/mol. The van der Waals surface area contributed by atoms with Gasteiger partial charge in [0, 0.05) is 24.0 Å². The fraction of sp³-hybridized carbons (Fsp3) is 0.182. The molecule has 3 aromatic rings. The summed E-state index contributed by atoms with van der Waals surface area (Å²) in [5.41, 5.74) is 1.40. The van der Waals surface area contributed by atoms with Crippen LogP contribution in [0.15, 0.2) is 36.4 Å². The summed E-state index contributed by atoms with van der Waals surface area (Å²) >= 11 is 5.98. The Morgan fingerprint density at radius 3 is 2.74 bits per heavy atom. The van der Waals surface area contributed by atoms with Crippen LogP contribution in [0.25, 0.3) is 17.0 Å². The molecule has 0 aliphatic carbocycles. The third kappa shape index (κ3) is 4.15. The van der Waals surface area contributed by atoms with Crippen molar-refractivity contribution in [2.24, 2.45) is 0 Å². The van der Waals surface area contributed by atoms with Gasteiger partial charge in [-0.3, -0.25) is 4.57 Å². The topological polar surface area (TPSA) is 92.2 Å². The van der Waals surface area contributed by atoms with Crippen LogP contribution >= 0.6 is 19.0 Å². The summed E-state index contributed by atoms with van der Waals surface area (Å²) in [4.78, 5) is 15.5. The highest BCUT2D eigenvalue weighted by Crippen LogP contribution is 2.48. The number of aromatic amines is 1. The van der Waals surface area contributed by atoms with Crippen molar-refractivity contribution in [1.29, 1.82) is 5.26 Å². The smallest absolute Gasteiger partial charge is 0.355 e. The number of halogens is 2. The van der Waals surface area contributed by atoms with Gasteiger partial charge in [-0.1, -0.05) is 17.7 Å². The van der Waals surface area contributed by atoms with Gasteiger partial charge >= 0.3 is 5.97 Å². The van der Waals surface area contributed by atoms with Crippen LogP contribution in [0.4, 0.5) is 4.39 Å². The van der Waals surface area contributed by atoms with E-state index in [9.17, 15) is 9.36 Å². The summed E-state index contributed by atoms with van der Waals surface area (Å²) in [6.07, 6.45) is 2.83. The van der Waals surface area contributed by atoms with E-state index < -0.39 is 19.2 Å². The number of ether oxygens (including phenoxy) is 1. The first-order valence-electron chi connectivity index (χ1n) is 9.28.